The molecule has 0 bridgehead atoms. The molecule has 136 valence electrons. The van der Waals surface area contributed by atoms with Crippen molar-refractivity contribution in [3.63, 3.8) is 0 Å². The molecule has 1 aliphatic carbocycles. The number of carboxylic acid groups (broad SMARTS) is 1. The van der Waals surface area contributed by atoms with E-state index in [0.717, 1.165) is 18.9 Å². The van der Waals surface area contributed by atoms with Crippen LogP contribution in [0.5, 0.6) is 0 Å². The Morgan fingerprint density at radius 2 is 1.88 bits per heavy atom. The largest absolute Gasteiger partial charge is 0.481 e. The normalized spacial score (nSPS) is 25.8. The maximum atomic E-state index is 14.5. The Kier molecular flexibility index (Phi) is 4.80. The minimum Gasteiger partial charge on any atom is -0.481 e. The van der Waals surface area contributed by atoms with E-state index >= 15 is 0 Å². The van der Waals surface area contributed by atoms with Gasteiger partial charge in [0.25, 0.3) is 0 Å². The summed E-state index contributed by atoms with van der Waals surface area (Å²) in [6.45, 7) is 2.56. The second kappa shape index (κ2) is 6.73. The molecule has 1 aliphatic heterocycles. The molecular formula is C19H23F2NO3. The summed E-state index contributed by atoms with van der Waals surface area (Å²) in [7, 11) is 0. The number of rotatable bonds is 3. The summed E-state index contributed by atoms with van der Waals surface area (Å²) < 4.78 is 27.8. The highest BCUT2D eigenvalue weighted by molar-refractivity contribution is 5.89. The zero-order valence-corrected chi connectivity index (χ0v) is 14.3. The highest BCUT2D eigenvalue weighted by atomic mass is 19.1. The number of halogens is 2. The number of aliphatic carboxylic acids is 1. The molecule has 0 aromatic heterocycles. The van der Waals surface area contributed by atoms with Gasteiger partial charge in [-0.25, -0.2) is 8.78 Å². The average molecular weight is 351 g/mol. The number of likely N-dealkylation sites (tertiary alicyclic amines) is 1. The summed E-state index contributed by atoms with van der Waals surface area (Å²) in [5, 5.41) is 9.34. The van der Waals surface area contributed by atoms with E-state index in [1.807, 2.05) is 6.92 Å². The van der Waals surface area contributed by atoms with Gasteiger partial charge >= 0.3 is 5.97 Å². The molecule has 1 saturated carbocycles. The highest BCUT2D eigenvalue weighted by Crippen LogP contribution is 2.44. The summed E-state index contributed by atoms with van der Waals surface area (Å²) in [6.07, 6.45) is 3.16. The van der Waals surface area contributed by atoms with Crippen LogP contribution in [-0.4, -0.2) is 35.0 Å². The minimum absolute atomic E-state index is 0.0790. The fourth-order valence-electron chi connectivity index (χ4n) is 4.45. The summed E-state index contributed by atoms with van der Waals surface area (Å²) in [5.41, 5.74) is -0.765. The van der Waals surface area contributed by atoms with Crippen molar-refractivity contribution in [3.05, 3.63) is 35.4 Å². The van der Waals surface area contributed by atoms with E-state index in [2.05, 4.69) is 0 Å². The van der Waals surface area contributed by atoms with E-state index in [-0.39, 0.29) is 23.9 Å². The molecule has 3 rings (SSSR count). The van der Waals surface area contributed by atoms with E-state index < -0.39 is 28.9 Å². The standard InChI is InChI=1S/C19H23F2NO3/c1-12-8-13(17(23)24)11-22(10-12)18(25)19(6-2-3-7-19)15-5-4-14(20)9-16(15)21/h4-5,9,12-13H,2-3,6-8,10-11H2,1H3,(H,23,24). The Morgan fingerprint density at radius 3 is 2.48 bits per heavy atom. The van der Waals surface area contributed by atoms with Crippen molar-refractivity contribution in [2.24, 2.45) is 11.8 Å². The molecule has 2 atom stereocenters. The van der Waals surface area contributed by atoms with Crippen LogP contribution < -0.4 is 0 Å². The summed E-state index contributed by atoms with van der Waals surface area (Å²) >= 11 is 0. The quantitative estimate of drug-likeness (QED) is 0.909. The molecule has 1 N–H and O–H groups in total. The van der Waals surface area contributed by atoms with Crippen molar-refractivity contribution < 1.29 is 23.5 Å². The second-order valence-electron chi connectivity index (χ2n) is 7.50. The number of carbonyl (C=O) groups excluding carboxylic acids is 1. The van der Waals surface area contributed by atoms with Crippen LogP contribution in [0.25, 0.3) is 0 Å². The number of piperidine rings is 1. The van der Waals surface area contributed by atoms with E-state index in [4.69, 9.17) is 0 Å². The first-order valence-corrected chi connectivity index (χ1v) is 8.81. The van der Waals surface area contributed by atoms with Gasteiger partial charge in [0.05, 0.1) is 11.3 Å². The highest BCUT2D eigenvalue weighted by Gasteiger charge is 2.48. The monoisotopic (exact) mass is 351 g/mol. The van der Waals surface area contributed by atoms with Crippen LogP contribution in [0.4, 0.5) is 8.78 Å². The first-order chi connectivity index (χ1) is 11.8. The van der Waals surface area contributed by atoms with E-state index in [0.29, 0.717) is 25.8 Å². The van der Waals surface area contributed by atoms with Crippen molar-refractivity contribution in [2.45, 2.75) is 44.4 Å². The van der Waals surface area contributed by atoms with Gasteiger partial charge in [-0.05, 0) is 31.2 Å². The zero-order valence-electron chi connectivity index (χ0n) is 14.3. The van der Waals surface area contributed by atoms with Crippen LogP contribution in [0, 0.1) is 23.5 Å². The summed E-state index contributed by atoms with van der Waals surface area (Å²) in [4.78, 5) is 26.3. The first-order valence-electron chi connectivity index (χ1n) is 8.81. The van der Waals surface area contributed by atoms with E-state index in [1.54, 1.807) is 4.90 Å². The molecular weight excluding hydrogens is 328 g/mol. The van der Waals surface area contributed by atoms with Crippen LogP contribution in [0.3, 0.4) is 0 Å². The molecule has 1 aromatic rings. The fourth-order valence-corrected chi connectivity index (χ4v) is 4.45. The Hall–Kier alpha value is -1.98. The fraction of sp³-hybridized carbons (Fsp3) is 0.579. The molecule has 6 heteroatoms. The molecule has 0 spiro atoms. The molecule has 2 aliphatic rings. The van der Waals surface area contributed by atoms with Gasteiger partial charge in [-0.3, -0.25) is 9.59 Å². The van der Waals surface area contributed by atoms with Crippen molar-refractivity contribution in [1.29, 1.82) is 0 Å². The molecule has 1 saturated heterocycles. The second-order valence-corrected chi connectivity index (χ2v) is 7.50. The third-order valence-corrected chi connectivity index (χ3v) is 5.61. The molecule has 2 unspecified atom stereocenters. The lowest BCUT2D eigenvalue weighted by atomic mass is 9.76. The number of carbonyl (C=O) groups is 2. The Morgan fingerprint density at radius 1 is 1.20 bits per heavy atom. The third-order valence-electron chi connectivity index (χ3n) is 5.61. The third kappa shape index (κ3) is 3.26. The van der Waals surface area contributed by atoms with Gasteiger partial charge in [0.15, 0.2) is 0 Å². The topological polar surface area (TPSA) is 57.6 Å². The molecule has 4 nitrogen and oxygen atoms in total. The number of amides is 1. The van der Waals surface area contributed by atoms with Gasteiger partial charge in [0.2, 0.25) is 5.91 Å². The first kappa shape index (κ1) is 17.8. The maximum Gasteiger partial charge on any atom is 0.308 e. The minimum atomic E-state index is -1.00. The van der Waals surface area contributed by atoms with Gasteiger partial charge in [0, 0.05) is 24.7 Å². The van der Waals surface area contributed by atoms with Crippen LogP contribution in [-0.2, 0) is 15.0 Å². The number of benzene rings is 1. The molecule has 0 radical (unpaired) electrons. The van der Waals surface area contributed by atoms with Gasteiger partial charge in [-0.1, -0.05) is 25.8 Å². The Bertz CT molecular complexity index is 685. The molecule has 1 aromatic carbocycles. The van der Waals surface area contributed by atoms with Gasteiger partial charge in [0.1, 0.15) is 11.6 Å². The maximum absolute atomic E-state index is 14.5. The molecule has 25 heavy (non-hydrogen) atoms. The number of hydrogen-bond donors (Lipinski definition) is 1. The smallest absolute Gasteiger partial charge is 0.308 e. The lowest BCUT2D eigenvalue weighted by Crippen LogP contribution is -2.52. The lowest BCUT2D eigenvalue weighted by molar-refractivity contribution is -0.148. The van der Waals surface area contributed by atoms with Gasteiger partial charge in [-0.15, -0.1) is 0 Å². The zero-order chi connectivity index (χ0) is 18.2. The summed E-state index contributed by atoms with van der Waals surface area (Å²) in [6, 6.07) is 3.38. The van der Waals surface area contributed by atoms with E-state index in [1.165, 1.54) is 12.1 Å². The van der Waals surface area contributed by atoms with Gasteiger partial charge in [-0.2, -0.15) is 0 Å². The number of hydrogen-bond acceptors (Lipinski definition) is 2. The predicted molar refractivity (Wildman–Crippen MR) is 88.0 cm³/mol. The number of carboxylic acids is 1. The van der Waals surface area contributed by atoms with Crippen molar-refractivity contribution >= 4 is 11.9 Å². The molecule has 1 heterocycles. The predicted octanol–water partition coefficient (Wildman–Crippen LogP) is 3.35. The lowest BCUT2D eigenvalue weighted by Gasteiger charge is -2.40. The van der Waals surface area contributed by atoms with Crippen LogP contribution >= 0.6 is 0 Å². The van der Waals surface area contributed by atoms with Crippen LogP contribution in [0.1, 0.15) is 44.6 Å². The molecule has 2 fully saturated rings. The Balaban J connectivity index is 1.95. The number of nitrogens with zero attached hydrogens (tertiary/aromatic N) is 1. The average Bonchev–Trinajstić information content (AvgIpc) is 3.04. The van der Waals surface area contributed by atoms with Crippen LogP contribution in [0.2, 0.25) is 0 Å². The van der Waals surface area contributed by atoms with Crippen molar-refractivity contribution in [1.82, 2.24) is 4.90 Å². The summed E-state index contributed by atoms with van der Waals surface area (Å²) in [5.74, 6) is -3.00. The van der Waals surface area contributed by atoms with Crippen LogP contribution in [0.15, 0.2) is 18.2 Å². The molecule has 1 amide bonds. The van der Waals surface area contributed by atoms with E-state index in [9.17, 15) is 23.5 Å². The van der Waals surface area contributed by atoms with Crippen molar-refractivity contribution in [2.75, 3.05) is 13.1 Å². The Labute approximate surface area is 145 Å². The SMILES string of the molecule is CC1CC(C(=O)O)CN(C(=O)C2(c3ccc(F)cc3F)CCCC2)C1. The van der Waals surface area contributed by atoms with Gasteiger partial charge < -0.3 is 10.0 Å². The van der Waals surface area contributed by atoms with Crippen molar-refractivity contribution in [3.8, 4) is 0 Å².